The second kappa shape index (κ2) is 7.77. The number of nitrogens with one attached hydrogen (secondary N) is 1. The summed E-state index contributed by atoms with van der Waals surface area (Å²) >= 11 is 6.29. The molecule has 4 rings (SSSR count). The number of rotatable bonds is 5. The zero-order chi connectivity index (χ0) is 19.5. The van der Waals surface area contributed by atoms with Crippen molar-refractivity contribution in [1.82, 2.24) is 24.6 Å². The third-order valence-electron chi connectivity index (χ3n) is 4.56. The van der Waals surface area contributed by atoms with Crippen molar-refractivity contribution < 1.29 is 9.59 Å². The number of amides is 2. The molecule has 0 saturated carbocycles. The summed E-state index contributed by atoms with van der Waals surface area (Å²) in [5, 5.41) is 7.40. The molecule has 3 aromatic rings. The van der Waals surface area contributed by atoms with Gasteiger partial charge >= 0.3 is 0 Å². The van der Waals surface area contributed by atoms with Crippen molar-refractivity contribution in [3.63, 3.8) is 0 Å². The van der Waals surface area contributed by atoms with Crippen molar-refractivity contribution in [3.8, 4) is 5.69 Å². The number of benzene rings is 1. The molecule has 0 aliphatic carbocycles. The molecule has 8 nitrogen and oxygen atoms in total. The molecule has 1 aliphatic heterocycles. The van der Waals surface area contributed by atoms with Gasteiger partial charge < -0.3 is 10.2 Å². The van der Waals surface area contributed by atoms with Crippen LogP contribution in [0.1, 0.15) is 12.1 Å². The minimum atomic E-state index is -0.446. The van der Waals surface area contributed by atoms with Crippen LogP contribution in [0.15, 0.2) is 55.2 Å². The largest absolute Gasteiger partial charge is 0.336 e. The van der Waals surface area contributed by atoms with Gasteiger partial charge in [-0.15, -0.1) is 0 Å². The fraction of sp³-hybridized carbons (Fsp3) is 0.211. The van der Waals surface area contributed by atoms with Crippen LogP contribution in [0.2, 0.25) is 5.02 Å². The summed E-state index contributed by atoms with van der Waals surface area (Å²) in [5.74, 6) is -0.743. The maximum absolute atomic E-state index is 12.8. The van der Waals surface area contributed by atoms with Gasteiger partial charge in [0.05, 0.1) is 28.9 Å². The summed E-state index contributed by atoms with van der Waals surface area (Å²) in [4.78, 5) is 34.9. The molecule has 2 amide bonds. The van der Waals surface area contributed by atoms with Crippen LogP contribution >= 0.6 is 11.6 Å². The summed E-state index contributed by atoms with van der Waals surface area (Å²) in [6, 6.07) is 10.7. The van der Waals surface area contributed by atoms with E-state index in [1.54, 1.807) is 29.3 Å². The number of aromatic nitrogens is 4. The number of halogens is 1. The van der Waals surface area contributed by atoms with E-state index in [-0.39, 0.29) is 18.2 Å². The Morgan fingerprint density at radius 2 is 2.14 bits per heavy atom. The maximum Gasteiger partial charge on any atom is 0.229 e. The lowest BCUT2D eigenvalue weighted by atomic mass is 10.1. The maximum atomic E-state index is 12.8. The predicted octanol–water partition coefficient (Wildman–Crippen LogP) is 2.30. The van der Waals surface area contributed by atoms with Gasteiger partial charge in [0.1, 0.15) is 18.3 Å². The van der Waals surface area contributed by atoms with Crippen LogP contribution in [0, 0.1) is 5.92 Å². The lowest BCUT2D eigenvalue weighted by Gasteiger charge is -2.17. The Balaban J connectivity index is 1.48. The number of likely N-dealkylation sites (tertiary alicyclic amines) is 1. The Bertz CT molecular complexity index is 993. The smallest absolute Gasteiger partial charge is 0.229 e. The van der Waals surface area contributed by atoms with Crippen LogP contribution in [0.25, 0.3) is 5.69 Å². The minimum Gasteiger partial charge on any atom is -0.336 e. The lowest BCUT2D eigenvalue weighted by Crippen LogP contribution is -2.28. The highest BCUT2D eigenvalue weighted by atomic mass is 35.5. The number of carbonyl (C=O) groups is 2. The van der Waals surface area contributed by atoms with E-state index >= 15 is 0 Å². The molecule has 2 aromatic heterocycles. The van der Waals surface area contributed by atoms with Crippen molar-refractivity contribution in [2.75, 3.05) is 11.9 Å². The van der Waals surface area contributed by atoms with Crippen LogP contribution in [0.5, 0.6) is 0 Å². The average Bonchev–Trinajstić information content (AvgIpc) is 3.33. The van der Waals surface area contributed by atoms with Gasteiger partial charge in [0, 0.05) is 19.2 Å². The first-order valence-corrected chi connectivity index (χ1v) is 9.11. The number of hydrogen-bond donors (Lipinski definition) is 1. The average molecular weight is 397 g/mol. The van der Waals surface area contributed by atoms with E-state index in [2.05, 4.69) is 20.4 Å². The van der Waals surface area contributed by atoms with Crippen molar-refractivity contribution in [2.24, 2.45) is 5.92 Å². The van der Waals surface area contributed by atoms with Crippen molar-refractivity contribution >= 4 is 29.1 Å². The first-order valence-electron chi connectivity index (χ1n) is 8.74. The minimum absolute atomic E-state index is 0.0617. The molecule has 3 heterocycles. The summed E-state index contributed by atoms with van der Waals surface area (Å²) < 4.78 is 1.49. The Labute approximate surface area is 166 Å². The SMILES string of the molecule is O=C(Nc1cccc(Cl)c1-n1cncn1)C1CC(=O)N(Cc2ccccn2)C1. The first kappa shape index (κ1) is 18.1. The standard InChI is InChI=1S/C19H17ClN6O2/c20-15-5-3-6-16(18(15)26-12-21-11-23-26)24-19(28)13-8-17(27)25(9-13)10-14-4-1-2-7-22-14/h1-7,11-13H,8-10H2,(H,24,28). The number of anilines is 1. The summed E-state index contributed by atoms with van der Waals surface area (Å²) in [7, 11) is 0. The molecule has 1 fully saturated rings. The number of nitrogens with zero attached hydrogens (tertiary/aromatic N) is 5. The Morgan fingerprint density at radius 1 is 1.25 bits per heavy atom. The number of pyridine rings is 1. The zero-order valence-corrected chi connectivity index (χ0v) is 15.6. The van der Waals surface area contributed by atoms with Gasteiger partial charge in [-0.3, -0.25) is 14.6 Å². The molecule has 1 atom stereocenters. The van der Waals surface area contributed by atoms with E-state index < -0.39 is 5.92 Å². The van der Waals surface area contributed by atoms with E-state index in [1.807, 2.05) is 18.2 Å². The van der Waals surface area contributed by atoms with Gasteiger partial charge in [0.25, 0.3) is 0 Å². The summed E-state index contributed by atoms with van der Waals surface area (Å²) in [5.41, 5.74) is 1.84. The number of para-hydroxylation sites is 1. The van der Waals surface area contributed by atoms with Crippen LogP contribution in [0.3, 0.4) is 0 Å². The normalized spacial score (nSPS) is 16.4. The van der Waals surface area contributed by atoms with Gasteiger partial charge in [0.2, 0.25) is 11.8 Å². The van der Waals surface area contributed by atoms with Crippen molar-refractivity contribution in [2.45, 2.75) is 13.0 Å². The van der Waals surface area contributed by atoms with Gasteiger partial charge in [0.15, 0.2) is 0 Å². The lowest BCUT2D eigenvalue weighted by molar-refractivity contribution is -0.128. The van der Waals surface area contributed by atoms with E-state index in [9.17, 15) is 9.59 Å². The van der Waals surface area contributed by atoms with Crippen LogP contribution in [0.4, 0.5) is 5.69 Å². The summed E-state index contributed by atoms with van der Waals surface area (Å²) in [6.45, 7) is 0.741. The predicted molar refractivity (Wildman–Crippen MR) is 103 cm³/mol. The third-order valence-corrected chi connectivity index (χ3v) is 4.86. The monoisotopic (exact) mass is 396 g/mol. The Hall–Kier alpha value is -3.26. The molecule has 0 spiro atoms. The highest BCUT2D eigenvalue weighted by molar-refractivity contribution is 6.33. The molecule has 1 aliphatic rings. The number of carbonyl (C=O) groups excluding carboxylic acids is 2. The van der Waals surface area contributed by atoms with Crippen LogP contribution in [-0.4, -0.2) is 43.0 Å². The molecule has 0 bridgehead atoms. The highest BCUT2D eigenvalue weighted by Gasteiger charge is 2.34. The molecule has 1 N–H and O–H groups in total. The van der Waals surface area contributed by atoms with E-state index in [4.69, 9.17) is 11.6 Å². The molecule has 142 valence electrons. The molecular weight excluding hydrogens is 380 g/mol. The Kier molecular flexibility index (Phi) is 5.03. The molecule has 28 heavy (non-hydrogen) atoms. The molecule has 0 radical (unpaired) electrons. The van der Waals surface area contributed by atoms with Gasteiger partial charge in [-0.25, -0.2) is 9.67 Å². The van der Waals surface area contributed by atoms with Crippen LogP contribution < -0.4 is 5.32 Å². The molecular formula is C19H17ClN6O2. The number of hydrogen-bond acceptors (Lipinski definition) is 5. The molecule has 1 aromatic carbocycles. The van der Waals surface area contributed by atoms with Crippen molar-refractivity contribution in [3.05, 3.63) is 66.0 Å². The van der Waals surface area contributed by atoms with Crippen molar-refractivity contribution in [1.29, 1.82) is 0 Å². The van der Waals surface area contributed by atoms with E-state index in [0.717, 1.165) is 5.69 Å². The van der Waals surface area contributed by atoms with E-state index in [0.29, 0.717) is 29.5 Å². The molecule has 1 unspecified atom stereocenters. The Morgan fingerprint density at radius 3 is 2.89 bits per heavy atom. The fourth-order valence-corrected chi connectivity index (χ4v) is 3.46. The summed E-state index contributed by atoms with van der Waals surface area (Å²) in [6.07, 6.45) is 4.74. The van der Waals surface area contributed by atoms with E-state index in [1.165, 1.54) is 17.3 Å². The second-order valence-electron chi connectivity index (χ2n) is 6.46. The highest BCUT2D eigenvalue weighted by Crippen LogP contribution is 2.29. The topological polar surface area (TPSA) is 93.0 Å². The van der Waals surface area contributed by atoms with Crippen LogP contribution in [-0.2, 0) is 16.1 Å². The van der Waals surface area contributed by atoms with Gasteiger partial charge in [-0.2, -0.15) is 5.10 Å². The zero-order valence-electron chi connectivity index (χ0n) is 14.8. The fourth-order valence-electron chi connectivity index (χ4n) is 3.20. The first-order chi connectivity index (χ1) is 13.6. The molecule has 9 heteroatoms. The second-order valence-corrected chi connectivity index (χ2v) is 6.87. The van der Waals surface area contributed by atoms with Gasteiger partial charge in [-0.05, 0) is 24.3 Å². The quantitative estimate of drug-likeness (QED) is 0.714. The third kappa shape index (κ3) is 3.72. The molecule has 1 saturated heterocycles. The van der Waals surface area contributed by atoms with Gasteiger partial charge in [-0.1, -0.05) is 23.7 Å².